The number of nitrogens with zero attached hydrogens (tertiary/aromatic N) is 2. The average molecular weight is 230 g/mol. The number of carbonyl (C=O) groups is 1. The Kier molecular flexibility index (Phi) is 2.74. The van der Waals surface area contributed by atoms with E-state index in [9.17, 15) is 9.59 Å². The first-order chi connectivity index (χ1) is 8.11. The summed E-state index contributed by atoms with van der Waals surface area (Å²) >= 11 is 0. The topological polar surface area (TPSA) is 72.2 Å². The van der Waals surface area contributed by atoms with Crippen LogP contribution in [0.4, 0.5) is 0 Å². The molecule has 0 fully saturated rings. The van der Waals surface area contributed by atoms with E-state index in [2.05, 4.69) is 5.10 Å². The summed E-state index contributed by atoms with van der Waals surface area (Å²) in [5.74, 6) is -1.24. The van der Waals surface area contributed by atoms with Crippen LogP contribution in [0.15, 0.2) is 41.3 Å². The summed E-state index contributed by atoms with van der Waals surface area (Å²) in [5.41, 5.74) is 0.203. The van der Waals surface area contributed by atoms with Crippen molar-refractivity contribution in [3.8, 4) is 5.69 Å². The zero-order valence-corrected chi connectivity index (χ0v) is 9.12. The van der Waals surface area contributed by atoms with Gasteiger partial charge in [-0.1, -0.05) is 18.2 Å². The van der Waals surface area contributed by atoms with Crippen molar-refractivity contribution in [2.75, 3.05) is 0 Å². The monoisotopic (exact) mass is 230 g/mol. The van der Waals surface area contributed by atoms with E-state index in [4.69, 9.17) is 5.11 Å². The largest absolute Gasteiger partial charge is 0.477 e. The van der Waals surface area contributed by atoms with E-state index in [0.717, 1.165) is 6.20 Å². The van der Waals surface area contributed by atoms with Gasteiger partial charge in [0.15, 0.2) is 0 Å². The molecule has 0 aliphatic rings. The van der Waals surface area contributed by atoms with E-state index in [1.807, 2.05) is 18.2 Å². The Morgan fingerprint density at radius 2 is 1.94 bits per heavy atom. The molecular formula is C12H10N2O3. The fourth-order valence-electron chi connectivity index (χ4n) is 1.64. The van der Waals surface area contributed by atoms with Crippen LogP contribution in [0, 0.1) is 6.92 Å². The Balaban J connectivity index is 2.70. The van der Waals surface area contributed by atoms with Gasteiger partial charge in [0.25, 0.3) is 0 Å². The molecule has 17 heavy (non-hydrogen) atoms. The maximum Gasteiger partial charge on any atom is 0.341 e. The zero-order valence-electron chi connectivity index (χ0n) is 9.12. The van der Waals surface area contributed by atoms with E-state index < -0.39 is 11.4 Å². The molecule has 0 atom stereocenters. The molecule has 1 aromatic heterocycles. The number of para-hydroxylation sites is 1. The Labute approximate surface area is 97.0 Å². The first-order valence-corrected chi connectivity index (χ1v) is 4.99. The summed E-state index contributed by atoms with van der Waals surface area (Å²) in [6.07, 6.45) is 1.02. The van der Waals surface area contributed by atoms with Gasteiger partial charge in [-0.2, -0.15) is 5.10 Å². The van der Waals surface area contributed by atoms with Crippen LogP contribution in [0.1, 0.15) is 16.1 Å². The van der Waals surface area contributed by atoms with Gasteiger partial charge in [-0.05, 0) is 19.1 Å². The fourth-order valence-corrected chi connectivity index (χ4v) is 1.64. The first-order valence-electron chi connectivity index (χ1n) is 4.99. The number of aromatic carboxylic acids is 1. The standard InChI is InChI=1S/C12H10N2O3/c1-8-11(12(16)17)10(15)7-13-14(8)9-5-3-2-4-6-9/h2-7H,1H3,(H,16,17). The number of hydrogen-bond acceptors (Lipinski definition) is 3. The predicted octanol–water partition coefficient (Wildman–Crippen LogP) is 1.24. The van der Waals surface area contributed by atoms with Crippen LogP contribution in [0.3, 0.4) is 0 Å². The molecule has 0 amide bonds. The van der Waals surface area contributed by atoms with E-state index in [-0.39, 0.29) is 5.56 Å². The quantitative estimate of drug-likeness (QED) is 0.842. The molecule has 0 radical (unpaired) electrons. The highest BCUT2D eigenvalue weighted by Gasteiger charge is 2.15. The second kappa shape index (κ2) is 4.21. The first kappa shape index (κ1) is 11.1. The van der Waals surface area contributed by atoms with Gasteiger partial charge in [0.1, 0.15) is 5.56 Å². The Bertz CT molecular complexity index is 617. The molecule has 2 rings (SSSR count). The van der Waals surface area contributed by atoms with Crippen molar-refractivity contribution in [3.63, 3.8) is 0 Å². The number of hydrogen-bond donors (Lipinski definition) is 1. The molecule has 0 saturated carbocycles. The molecule has 0 bridgehead atoms. The molecule has 5 heteroatoms. The highest BCUT2D eigenvalue weighted by Crippen LogP contribution is 2.09. The number of rotatable bonds is 2. The fraction of sp³-hybridized carbons (Fsp3) is 0.0833. The molecule has 5 nitrogen and oxygen atoms in total. The lowest BCUT2D eigenvalue weighted by atomic mass is 10.2. The summed E-state index contributed by atoms with van der Waals surface area (Å²) in [7, 11) is 0. The summed E-state index contributed by atoms with van der Waals surface area (Å²) in [6, 6.07) is 9.05. The van der Waals surface area contributed by atoms with Crippen molar-refractivity contribution in [2.24, 2.45) is 0 Å². The Morgan fingerprint density at radius 1 is 1.29 bits per heavy atom. The second-order valence-corrected chi connectivity index (χ2v) is 3.52. The highest BCUT2D eigenvalue weighted by atomic mass is 16.4. The van der Waals surface area contributed by atoms with E-state index in [0.29, 0.717) is 11.4 Å². The molecule has 0 aliphatic heterocycles. The number of carboxylic acids is 1. The van der Waals surface area contributed by atoms with Gasteiger partial charge >= 0.3 is 5.97 Å². The maximum atomic E-state index is 11.4. The normalized spacial score (nSPS) is 10.2. The Morgan fingerprint density at radius 3 is 2.53 bits per heavy atom. The minimum absolute atomic E-state index is 0.246. The second-order valence-electron chi connectivity index (χ2n) is 3.52. The van der Waals surface area contributed by atoms with Crippen LogP contribution >= 0.6 is 0 Å². The van der Waals surface area contributed by atoms with Gasteiger partial charge in [0, 0.05) is 0 Å². The van der Waals surface area contributed by atoms with E-state index in [1.54, 1.807) is 19.1 Å². The summed E-state index contributed by atoms with van der Waals surface area (Å²) in [6.45, 7) is 1.56. The van der Waals surface area contributed by atoms with Crippen molar-refractivity contribution in [1.29, 1.82) is 0 Å². The summed E-state index contributed by atoms with van der Waals surface area (Å²) in [5, 5.41) is 12.9. The number of benzene rings is 1. The predicted molar refractivity (Wildman–Crippen MR) is 61.5 cm³/mol. The van der Waals surface area contributed by atoms with Gasteiger partial charge in [0.2, 0.25) is 5.43 Å². The minimum atomic E-state index is -1.24. The highest BCUT2D eigenvalue weighted by molar-refractivity contribution is 5.88. The maximum absolute atomic E-state index is 11.4. The van der Waals surface area contributed by atoms with Crippen LogP contribution in [0.25, 0.3) is 5.69 Å². The third kappa shape index (κ3) is 1.94. The molecule has 1 aromatic carbocycles. The van der Waals surface area contributed by atoms with Crippen LogP contribution in [-0.2, 0) is 0 Å². The smallest absolute Gasteiger partial charge is 0.341 e. The zero-order chi connectivity index (χ0) is 12.4. The van der Waals surface area contributed by atoms with Crippen LogP contribution in [0.5, 0.6) is 0 Å². The van der Waals surface area contributed by atoms with Gasteiger partial charge in [-0.3, -0.25) is 4.79 Å². The van der Waals surface area contributed by atoms with Crippen LogP contribution < -0.4 is 5.43 Å². The third-order valence-electron chi connectivity index (χ3n) is 2.43. The molecule has 0 saturated heterocycles. The van der Waals surface area contributed by atoms with Gasteiger partial charge in [-0.15, -0.1) is 0 Å². The van der Waals surface area contributed by atoms with Gasteiger partial charge in [0.05, 0.1) is 17.6 Å². The third-order valence-corrected chi connectivity index (χ3v) is 2.43. The molecule has 1 N–H and O–H groups in total. The Hall–Kier alpha value is -2.43. The van der Waals surface area contributed by atoms with Crippen molar-refractivity contribution in [3.05, 3.63) is 58.0 Å². The minimum Gasteiger partial charge on any atom is -0.477 e. The van der Waals surface area contributed by atoms with E-state index >= 15 is 0 Å². The average Bonchev–Trinajstić information content (AvgIpc) is 2.30. The summed E-state index contributed by atoms with van der Waals surface area (Å²) in [4.78, 5) is 22.4. The van der Waals surface area contributed by atoms with Gasteiger partial charge < -0.3 is 5.11 Å². The molecule has 0 spiro atoms. The van der Waals surface area contributed by atoms with Crippen LogP contribution in [0.2, 0.25) is 0 Å². The van der Waals surface area contributed by atoms with Crippen molar-refractivity contribution < 1.29 is 9.90 Å². The van der Waals surface area contributed by atoms with Crippen molar-refractivity contribution in [2.45, 2.75) is 6.92 Å². The molecule has 1 heterocycles. The summed E-state index contributed by atoms with van der Waals surface area (Å²) < 4.78 is 1.44. The molecule has 0 aliphatic carbocycles. The number of carboxylic acid groups (broad SMARTS) is 1. The number of aromatic nitrogens is 2. The lowest BCUT2D eigenvalue weighted by Gasteiger charge is -2.10. The van der Waals surface area contributed by atoms with Crippen molar-refractivity contribution in [1.82, 2.24) is 9.78 Å². The molecule has 86 valence electrons. The molecular weight excluding hydrogens is 220 g/mol. The molecule has 2 aromatic rings. The van der Waals surface area contributed by atoms with Crippen LogP contribution in [-0.4, -0.2) is 20.9 Å². The molecule has 0 unspecified atom stereocenters. The van der Waals surface area contributed by atoms with Crippen molar-refractivity contribution >= 4 is 5.97 Å². The lowest BCUT2D eigenvalue weighted by molar-refractivity contribution is 0.0693. The van der Waals surface area contributed by atoms with E-state index in [1.165, 1.54) is 4.68 Å². The van der Waals surface area contributed by atoms with Gasteiger partial charge in [-0.25, -0.2) is 9.48 Å². The lowest BCUT2D eigenvalue weighted by Crippen LogP contribution is -2.22. The SMILES string of the molecule is Cc1c(C(=O)O)c(=O)cnn1-c1ccccc1.